The van der Waals surface area contributed by atoms with Crippen molar-refractivity contribution in [3.63, 3.8) is 0 Å². The van der Waals surface area contributed by atoms with Gasteiger partial charge in [0.25, 0.3) is 5.91 Å². The molecule has 2 N–H and O–H groups in total. The lowest BCUT2D eigenvalue weighted by Gasteiger charge is -2.09. The fraction of sp³-hybridized carbons (Fsp3) is 0.100. The van der Waals surface area contributed by atoms with Crippen molar-refractivity contribution in [2.45, 2.75) is 13.5 Å². The number of halogens is 1. The van der Waals surface area contributed by atoms with Crippen LogP contribution in [0.4, 0.5) is 11.5 Å². The molecule has 6 nitrogen and oxygen atoms in total. The van der Waals surface area contributed by atoms with Gasteiger partial charge < -0.3 is 10.6 Å². The maximum absolute atomic E-state index is 12.3. The highest BCUT2D eigenvalue weighted by Gasteiger charge is 2.10. The zero-order chi connectivity index (χ0) is 19.2. The molecule has 0 fully saturated rings. The van der Waals surface area contributed by atoms with Crippen LogP contribution in [-0.4, -0.2) is 21.7 Å². The van der Waals surface area contributed by atoms with Crippen molar-refractivity contribution >= 4 is 34.8 Å². The summed E-state index contributed by atoms with van der Waals surface area (Å²) < 4.78 is 0. The molecule has 0 radical (unpaired) electrons. The quantitative estimate of drug-likeness (QED) is 0.631. The van der Waals surface area contributed by atoms with E-state index in [0.717, 1.165) is 11.3 Å². The number of rotatable bonds is 6. The summed E-state index contributed by atoms with van der Waals surface area (Å²) in [5.41, 5.74) is 2.44. The number of nitrogens with zero attached hydrogens (tertiary/aromatic N) is 2. The molecule has 0 aliphatic rings. The van der Waals surface area contributed by atoms with Gasteiger partial charge in [0.15, 0.2) is 5.78 Å². The van der Waals surface area contributed by atoms with E-state index in [1.165, 1.54) is 13.3 Å². The van der Waals surface area contributed by atoms with E-state index in [0.29, 0.717) is 22.9 Å². The number of carbonyl (C=O) groups is 2. The number of carbonyl (C=O) groups excluding carboxylic acids is 2. The Morgan fingerprint density at radius 3 is 2.48 bits per heavy atom. The Bertz CT molecular complexity index is 974. The van der Waals surface area contributed by atoms with Gasteiger partial charge in [0.1, 0.15) is 17.8 Å². The van der Waals surface area contributed by atoms with Crippen molar-refractivity contribution in [2.75, 3.05) is 5.32 Å². The molecule has 0 saturated heterocycles. The van der Waals surface area contributed by atoms with E-state index in [-0.39, 0.29) is 17.4 Å². The van der Waals surface area contributed by atoms with Crippen molar-refractivity contribution in [1.82, 2.24) is 15.3 Å². The van der Waals surface area contributed by atoms with E-state index >= 15 is 0 Å². The predicted octanol–water partition coefficient (Wildman–Crippen LogP) is 4.01. The molecule has 0 aliphatic carbocycles. The van der Waals surface area contributed by atoms with Gasteiger partial charge in [0.2, 0.25) is 0 Å². The standard InChI is InChI=1S/C20H17ClN4O2/c1-13(26)14-6-8-16(9-7-14)25-19-10-18(23-12-24-19)20(27)22-11-15-4-2-3-5-17(15)21/h2-10,12H,11H2,1H3,(H,22,27)(H,23,24,25). The molecule has 1 heterocycles. The minimum atomic E-state index is -0.327. The highest BCUT2D eigenvalue weighted by atomic mass is 35.5. The lowest BCUT2D eigenvalue weighted by Crippen LogP contribution is -2.24. The summed E-state index contributed by atoms with van der Waals surface area (Å²) in [7, 11) is 0. The summed E-state index contributed by atoms with van der Waals surface area (Å²) in [5.74, 6) is 0.150. The number of Topliss-reactive ketones (excluding diaryl/α,β-unsaturated/α-hetero) is 1. The third kappa shape index (κ3) is 4.89. The molecule has 3 rings (SSSR count). The fourth-order valence-corrected chi connectivity index (χ4v) is 2.60. The number of benzene rings is 2. The molecule has 0 saturated carbocycles. The molecule has 2 aromatic carbocycles. The topological polar surface area (TPSA) is 84.0 Å². The van der Waals surface area contributed by atoms with Crippen LogP contribution in [0.15, 0.2) is 60.9 Å². The second-order valence-electron chi connectivity index (χ2n) is 5.82. The highest BCUT2D eigenvalue weighted by Crippen LogP contribution is 2.17. The molecular weight excluding hydrogens is 364 g/mol. The van der Waals surface area contributed by atoms with Crippen LogP contribution in [0.2, 0.25) is 5.02 Å². The Labute approximate surface area is 161 Å². The van der Waals surface area contributed by atoms with Crippen molar-refractivity contribution in [2.24, 2.45) is 0 Å². The average Bonchev–Trinajstić information content (AvgIpc) is 2.68. The average molecular weight is 381 g/mol. The van der Waals surface area contributed by atoms with Crippen LogP contribution in [0, 0.1) is 0 Å². The summed E-state index contributed by atoms with van der Waals surface area (Å²) >= 11 is 6.09. The van der Waals surface area contributed by atoms with Gasteiger partial charge in [-0.3, -0.25) is 9.59 Å². The van der Waals surface area contributed by atoms with Gasteiger partial charge in [0, 0.05) is 28.9 Å². The third-order valence-corrected chi connectivity index (χ3v) is 4.23. The number of anilines is 2. The first kappa shape index (κ1) is 18.5. The van der Waals surface area contributed by atoms with E-state index in [1.807, 2.05) is 18.2 Å². The molecule has 7 heteroatoms. The van der Waals surface area contributed by atoms with Crippen LogP contribution in [0.25, 0.3) is 0 Å². The Morgan fingerprint density at radius 2 is 1.78 bits per heavy atom. The van der Waals surface area contributed by atoms with Crippen LogP contribution in [-0.2, 0) is 6.54 Å². The summed E-state index contributed by atoms with van der Waals surface area (Å²) in [5, 5.41) is 6.47. The first-order chi connectivity index (χ1) is 13.0. The van der Waals surface area contributed by atoms with E-state index in [4.69, 9.17) is 11.6 Å². The lowest BCUT2D eigenvalue weighted by molar-refractivity contribution is 0.0945. The van der Waals surface area contributed by atoms with E-state index in [9.17, 15) is 9.59 Å². The summed E-state index contributed by atoms with van der Waals surface area (Å²) in [6.45, 7) is 1.82. The number of nitrogens with one attached hydrogen (secondary N) is 2. The third-order valence-electron chi connectivity index (χ3n) is 3.86. The smallest absolute Gasteiger partial charge is 0.270 e. The molecular formula is C20H17ClN4O2. The first-order valence-corrected chi connectivity index (χ1v) is 8.62. The summed E-state index contributed by atoms with van der Waals surface area (Å²) in [6.07, 6.45) is 1.32. The van der Waals surface area contributed by atoms with Crippen molar-refractivity contribution < 1.29 is 9.59 Å². The van der Waals surface area contributed by atoms with Crippen LogP contribution in [0.3, 0.4) is 0 Å². The maximum Gasteiger partial charge on any atom is 0.270 e. The Kier molecular flexibility index (Phi) is 5.78. The molecule has 0 spiro atoms. The second-order valence-corrected chi connectivity index (χ2v) is 6.23. The lowest BCUT2D eigenvalue weighted by atomic mass is 10.1. The van der Waals surface area contributed by atoms with Crippen LogP contribution in [0.1, 0.15) is 33.3 Å². The minimum absolute atomic E-state index is 0.000984. The number of amides is 1. The minimum Gasteiger partial charge on any atom is -0.347 e. The monoisotopic (exact) mass is 380 g/mol. The van der Waals surface area contributed by atoms with Gasteiger partial charge in [-0.25, -0.2) is 9.97 Å². The van der Waals surface area contributed by atoms with Crippen LogP contribution in [0.5, 0.6) is 0 Å². The van der Waals surface area contributed by atoms with Gasteiger partial charge in [-0.15, -0.1) is 0 Å². The largest absolute Gasteiger partial charge is 0.347 e. The number of hydrogen-bond acceptors (Lipinski definition) is 5. The van der Waals surface area contributed by atoms with Gasteiger partial charge in [-0.2, -0.15) is 0 Å². The van der Waals surface area contributed by atoms with E-state index in [1.54, 1.807) is 36.4 Å². The molecule has 0 aliphatic heterocycles. The van der Waals surface area contributed by atoms with Gasteiger partial charge in [0.05, 0.1) is 0 Å². The second kappa shape index (κ2) is 8.42. The SMILES string of the molecule is CC(=O)c1ccc(Nc2cc(C(=O)NCc3ccccc3Cl)ncn2)cc1. The zero-order valence-electron chi connectivity index (χ0n) is 14.6. The summed E-state index contributed by atoms with van der Waals surface area (Å²) in [4.78, 5) is 31.8. The summed E-state index contributed by atoms with van der Waals surface area (Å²) in [6, 6.07) is 15.9. The highest BCUT2D eigenvalue weighted by molar-refractivity contribution is 6.31. The number of hydrogen-bond donors (Lipinski definition) is 2. The number of aromatic nitrogens is 2. The zero-order valence-corrected chi connectivity index (χ0v) is 15.3. The molecule has 3 aromatic rings. The van der Waals surface area contributed by atoms with Gasteiger partial charge in [-0.1, -0.05) is 29.8 Å². The molecule has 1 aromatic heterocycles. The molecule has 0 unspecified atom stereocenters. The van der Waals surface area contributed by atoms with Crippen molar-refractivity contribution in [3.05, 3.63) is 82.8 Å². The molecule has 27 heavy (non-hydrogen) atoms. The molecule has 0 atom stereocenters. The van der Waals surface area contributed by atoms with E-state index < -0.39 is 0 Å². The van der Waals surface area contributed by atoms with E-state index in [2.05, 4.69) is 20.6 Å². The maximum atomic E-state index is 12.3. The Balaban J connectivity index is 1.66. The normalized spacial score (nSPS) is 10.3. The van der Waals surface area contributed by atoms with Gasteiger partial charge in [-0.05, 0) is 42.8 Å². The number of ketones is 1. The predicted molar refractivity (Wildman–Crippen MR) is 104 cm³/mol. The first-order valence-electron chi connectivity index (χ1n) is 8.24. The van der Waals surface area contributed by atoms with Crippen molar-refractivity contribution in [3.8, 4) is 0 Å². The van der Waals surface area contributed by atoms with Crippen molar-refractivity contribution in [1.29, 1.82) is 0 Å². The molecule has 136 valence electrons. The molecule has 0 bridgehead atoms. The molecule has 1 amide bonds. The fourth-order valence-electron chi connectivity index (χ4n) is 2.39. The van der Waals surface area contributed by atoms with Crippen LogP contribution < -0.4 is 10.6 Å². The Hall–Kier alpha value is -3.25. The van der Waals surface area contributed by atoms with Crippen LogP contribution >= 0.6 is 11.6 Å². The Morgan fingerprint density at radius 1 is 1.04 bits per heavy atom. The van der Waals surface area contributed by atoms with Gasteiger partial charge >= 0.3 is 0 Å².